The summed E-state index contributed by atoms with van der Waals surface area (Å²) >= 11 is 0. The van der Waals surface area contributed by atoms with Gasteiger partial charge in [0.2, 0.25) is 0 Å². The molecule has 0 radical (unpaired) electrons. The summed E-state index contributed by atoms with van der Waals surface area (Å²) in [4.78, 5) is 0. The highest BCUT2D eigenvalue weighted by atomic mass is 16.3. The van der Waals surface area contributed by atoms with Gasteiger partial charge in [0.15, 0.2) is 0 Å². The highest BCUT2D eigenvalue weighted by Gasteiger charge is 2.25. The smallest absolute Gasteiger partial charge is 0.0645 e. The largest absolute Gasteiger partial charge is 0.390 e. The molecule has 1 N–H and O–H groups in total. The Hall–Kier alpha value is -0.0400. The summed E-state index contributed by atoms with van der Waals surface area (Å²) in [6, 6.07) is 0. The van der Waals surface area contributed by atoms with Crippen LogP contribution in [0.25, 0.3) is 0 Å². The molecule has 0 aromatic heterocycles. The minimum absolute atomic E-state index is 0.425. The third kappa shape index (κ3) is 4.10. The van der Waals surface area contributed by atoms with Gasteiger partial charge in [-0.1, -0.05) is 46.5 Å². The van der Waals surface area contributed by atoms with Crippen molar-refractivity contribution in [2.24, 2.45) is 5.92 Å². The lowest BCUT2D eigenvalue weighted by Crippen LogP contribution is -2.32. The molecule has 0 bridgehead atoms. The van der Waals surface area contributed by atoms with E-state index < -0.39 is 5.60 Å². The van der Waals surface area contributed by atoms with E-state index in [1.165, 1.54) is 12.8 Å². The number of unbranched alkanes of at least 4 members (excludes halogenated alkanes) is 2. The predicted molar refractivity (Wildman–Crippen MR) is 54.2 cm³/mol. The quantitative estimate of drug-likeness (QED) is 0.609. The molecule has 0 amide bonds. The second kappa shape index (κ2) is 5.58. The number of rotatable bonds is 6. The van der Waals surface area contributed by atoms with Crippen LogP contribution in [-0.4, -0.2) is 10.7 Å². The lowest BCUT2D eigenvalue weighted by atomic mass is 9.84. The van der Waals surface area contributed by atoms with Gasteiger partial charge < -0.3 is 5.11 Å². The highest BCUT2D eigenvalue weighted by Crippen LogP contribution is 2.25. The average Bonchev–Trinajstić information content (AvgIpc) is 2.03. The molecule has 0 heterocycles. The summed E-state index contributed by atoms with van der Waals surface area (Å²) in [5, 5.41) is 10.0. The van der Waals surface area contributed by atoms with Gasteiger partial charge in [0.25, 0.3) is 0 Å². The van der Waals surface area contributed by atoms with E-state index >= 15 is 0 Å². The fourth-order valence-electron chi connectivity index (χ4n) is 1.42. The first-order valence-electron chi connectivity index (χ1n) is 5.27. The Morgan fingerprint density at radius 1 is 1.25 bits per heavy atom. The number of aliphatic hydroxyl groups is 1. The van der Waals surface area contributed by atoms with Crippen LogP contribution in [0.2, 0.25) is 0 Å². The van der Waals surface area contributed by atoms with Crippen LogP contribution in [0.5, 0.6) is 0 Å². The van der Waals surface area contributed by atoms with Crippen molar-refractivity contribution in [1.82, 2.24) is 0 Å². The molecule has 0 saturated heterocycles. The molecular weight excluding hydrogens is 148 g/mol. The van der Waals surface area contributed by atoms with Gasteiger partial charge in [0, 0.05) is 0 Å². The Labute approximate surface area is 77.2 Å². The Balaban J connectivity index is 3.70. The van der Waals surface area contributed by atoms with Crippen LogP contribution in [0.4, 0.5) is 0 Å². The van der Waals surface area contributed by atoms with Gasteiger partial charge in [-0.05, 0) is 19.3 Å². The molecule has 0 aliphatic carbocycles. The number of hydrogen-bond acceptors (Lipinski definition) is 1. The highest BCUT2D eigenvalue weighted by molar-refractivity contribution is 4.77. The molecule has 0 spiro atoms. The van der Waals surface area contributed by atoms with Crippen LogP contribution in [0.15, 0.2) is 0 Å². The van der Waals surface area contributed by atoms with Gasteiger partial charge in [-0.2, -0.15) is 0 Å². The first kappa shape index (κ1) is 12.0. The maximum atomic E-state index is 10.0. The Kier molecular flexibility index (Phi) is 5.56. The number of hydrogen-bond donors (Lipinski definition) is 1. The van der Waals surface area contributed by atoms with E-state index in [1.807, 2.05) is 6.92 Å². The van der Waals surface area contributed by atoms with E-state index in [0.717, 1.165) is 19.3 Å². The van der Waals surface area contributed by atoms with Gasteiger partial charge in [-0.25, -0.2) is 0 Å². The molecular formula is C11H24O. The van der Waals surface area contributed by atoms with Crippen molar-refractivity contribution in [2.75, 3.05) is 0 Å². The van der Waals surface area contributed by atoms with E-state index in [2.05, 4.69) is 20.8 Å². The zero-order valence-corrected chi connectivity index (χ0v) is 9.06. The van der Waals surface area contributed by atoms with Gasteiger partial charge in [-0.15, -0.1) is 0 Å². The second-order valence-corrected chi connectivity index (χ2v) is 4.12. The maximum absolute atomic E-state index is 10.0. The standard InChI is InChI=1S/C11H24O/c1-5-7-8-9-11(4,12)10(3)6-2/h10,12H,5-9H2,1-4H3. The van der Waals surface area contributed by atoms with E-state index in [1.54, 1.807) is 0 Å². The van der Waals surface area contributed by atoms with Crippen molar-refractivity contribution in [3.63, 3.8) is 0 Å². The second-order valence-electron chi connectivity index (χ2n) is 4.12. The van der Waals surface area contributed by atoms with Crippen molar-refractivity contribution in [3.8, 4) is 0 Å². The van der Waals surface area contributed by atoms with Gasteiger partial charge >= 0.3 is 0 Å². The first-order chi connectivity index (χ1) is 5.54. The van der Waals surface area contributed by atoms with E-state index in [-0.39, 0.29) is 0 Å². The molecule has 74 valence electrons. The zero-order valence-electron chi connectivity index (χ0n) is 9.06. The normalized spacial score (nSPS) is 18.8. The molecule has 0 aliphatic heterocycles. The zero-order chi connectivity index (χ0) is 9.61. The SMILES string of the molecule is CCCCCC(C)(O)C(C)CC. The van der Waals surface area contributed by atoms with Crippen LogP contribution in [0.1, 0.15) is 59.8 Å². The van der Waals surface area contributed by atoms with Gasteiger partial charge in [0.1, 0.15) is 0 Å². The van der Waals surface area contributed by atoms with Crippen molar-refractivity contribution in [1.29, 1.82) is 0 Å². The summed E-state index contributed by atoms with van der Waals surface area (Å²) in [6.45, 7) is 8.43. The molecule has 2 unspecified atom stereocenters. The monoisotopic (exact) mass is 172 g/mol. The summed E-state index contributed by atoms with van der Waals surface area (Å²) < 4.78 is 0. The fourth-order valence-corrected chi connectivity index (χ4v) is 1.42. The van der Waals surface area contributed by atoms with Gasteiger partial charge in [0.05, 0.1) is 5.60 Å². The molecule has 0 aromatic carbocycles. The summed E-state index contributed by atoms with van der Waals surface area (Å²) in [5.41, 5.74) is -0.441. The molecule has 1 nitrogen and oxygen atoms in total. The van der Waals surface area contributed by atoms with Crippen LogP contribution in [0, 0.1) is 5.92 Å². The molecule has 0 saturated carbocycles. The topological polar surface area (TPSA) is 20.2 Å². The lowest BCUT2D eigenvalue weighted by Gasteiger charge is -2.29. The fraction of sp³-hybridized carbons (Fsp3) is 1.00. The summed E-state index contributed by atoms with van der Waals surface area (Å²) in [7, 11) is 0. The maximum Gasteiger partial charge on any atom is 0.0645 e. The van der Waals surface area contributed by atoms with E-state index in [9.17, 15) is 5.11 Å². The van der Waals surface area contributed by atoms with E-state index in [0.29, 0.717) is 5.92 Å². The minimum Gasteiger partial charge on any atom is -0.390 e. The van der Waals surface area contributed by atoms with Gasteiger partial charge in [-0.3, -0.25) is 0 Å². The third-order valence-corrected chi connectivity index (χ3v) is 2.96. The Morgan fingerprint density at radius 2 is 1.83 bits per heavy atom. The molecule has 1 heteroatoms. The molecule has 0 rings (SSSR count). The molecule has 0 fully saturated rings. The van der Waals surface area contributed by atoms with Crippen molar-refractivity contribution >= 4 is 0 Å². The third-order valence-electron chi connectivity index (χ3n) is 2.96. The molecule has 2 atom stereocenters. The Bertz CT molecular complexity index is 108. The molecule has 12 heavy (non-hydrogen) atoms. The van der Waals surface area contributed by atoms with Crippen LogP contribution >= 0.6 is 0 Å². The van der Waals surface area contributed by atoms with Crippen molar-refractivity contribution in [3.05, 3.63) is 0 Å². The van der Waals surface area contributed by atoms with E-state index in [4.69, 9.17) is 0 Å². The average molecular weight is 172 g/mol. The van der Waals surface area contributed by atoms with Crippen molar-refractivity contribution < 1.29 is 5.11 Å². The summed E-state index contributed by atoms with van der Waals surface area (Å²) in [6.07, 6.45) is 5.66. The van der Waals surface area contributed by atoms with Crippen LogP contribution in [0.3, 0.4) is 0 Å². The van der Waals surface area contributed by atoms with Crippen LogP contribution in [-0.2, 0) is 0 Å². The minimum atomic E-state index is -0.441. The summed E-state index contributed by atoms with van der Waals surface area (Å²) in [5.74, 6) is 0.425. The molecule has 0 aliphatic rings. The van der Waals surface area contributed by atoms with Crippen molar-refractivity contribution in [2.45, 2.75) is 65.4 Å². The first-order valence-corrected chi connectivity index (χ1v) is 5.27. The Morgan fingerprint density at radius 3 is 2.25 bits per heavy atom. The predicted octanol–water partition coefficient (Wildman–Crippen LogP) is 3.36. The molecule has 0 aromatic rings. The van der Waals surface area contributed by atoms with Crippen LogP contribution < -0.4 is 0 Å². The lowest BCUT2D eigenvalue weighted by molar-refractivity contribution is -0.00524.